The zero-order valence-electron chi connectivity index (χ0n) is 12.2. The third-order valence-electron chi connectivity index (χ3n) is 3.10. The number of nitrogens with zero attached hydrogens (tertiary/aromatic N) is 4. The van der Waals surface area contributed by atoms with Crippen molar-refractivity contribution >= 4 is 5.82 Å². The van der Waals surface area contributed by atoms with Gasteiger partial charge in [0.1, 0.15) is 17.3 Å². The summed E-state index contributed by atoms with van der Waals surface area (Å²) in [6.45, 7) is 4.37. The van der Waals surface area contributed by atoms with Crippen LogP contribution in [0.2, 0.25) is 0 Å². The van der Waals surface area contributed by atoms with E-state index in [0.29, 0.717) is 18.3 Å². The maximum Gasteiger partial charge on any atom is 0.258 e. The Balaban J connectivity index is 1.82. The molecule has 6 nitrogen and oxygen atoms in total. The van der Waals surface area contributed by atoms with Crippen LogP contribution in [0.25, 0.3) is 11.5 Å². The van der Waals surface area contributed by atoms with Gasteiger partial charge in [0.05, 0.1) is 6.54 Å². The number of anilines is 1. The van der Waals surface area contributed by atoms with Gasteiger partial charge in [0, 0.05) is 18.8 Å². The van der Waals surface area contributed by atoms with E-state index in [0.717, 1.165) is 22.9 Å². The number of pyridine rings is 1. The van der Waals surface area contributed by atoms with Crippen LogP contribution >= 0.6 is 0 Å². The van der Waals surface area contributed by atoms with Crippen molar-refractivity contribution < 1.29 is 8.94 Å². The molecule has 0 N–H and O–H groups in total. The van der Waals surface area contributed by atoms with Gasteiger partial charge in [0.2, 0.25) is 0 Å². The van der Waals surface area contributed by atoms with Crippen LogP contribution in [0.3, 0.4) is 0 Å². The van der Waals surface area contributed by atoms with E-state index in [9.17, 15) is 0 Å². The van der Waals surface area contributed by atoms with Crippen LogP contribution in [-0.2, 0) is 6.54 Å². The quantitative estimate of drug-likeness (QED) is 0.733. The minimum atomic E-state index is 0.499. The molecule has 0 aromatic carbocycles. The second-order valence-electron chi connectivity index (χ2n) is 4.92. The van der Waals surface area contributed by atoms with Crippen LogP contribution in [0.15, 0.2) is 39.4 Å². The molecular formula is C15H16N4O2. The van der Waals surface area contributed by atoms with Crippen molar-refractivity contribution in [1.82, 2.24) is 15.1 Å². The largest absolute Gasteiger partial charge is 0.464 e. The molecule has 0 radical (unpaired) electrons. The molecule has 21 heavy (non-hydrogen) atoms. The van der Waals surface area contributed by atoms with Crippen LogP contribution in [-0.4, -0.2) is 22.2 Å². The molecule has 108 valence electrons. The molecule has 0 aliphatic heterocycles. The van der Waals surface area contributed by atoms with Gasteiger partial charge in [-0.15, -0.1) is 0 Å². The second kappa shape index (κ2) is 5.40. The highest BCUT2D eigenvalue weighted by atomic mass is 16.5. The minimum absolute atomic E-state index is 0.499. The highest BCUT2D eigenvalue weighted by molar-refractivity contribution is 5.58. The molecule has 0 fully saturated rings. The highest BCUT2D eigenvalue weighted by Gasteiger charge is 2.11. The summed E-state index contributed by atoms with van der Waals surface area (Å²) in [5.41, 5.74) is 0.850. The molecular weight excluding hydrogens is 268 g/mol. The van der Waals surface area contributed by atoms with E-state index >= 15 is 0 Å². The maximum absolute atomic E-state index is 5.58. The molecule has 0 saturated carbocycles. The summed E-state index contributed by atoms with van der Waals surface area (Å²) in [7, 11) is 1.96. The number of hydrogen-bond donors (Lipinski definition) is 0. The standard InChI is InChI=1S/C15H16N4O2/c1-10-4-5-13(20-10)9-19(3)14-8-12(6-7-16-14)15-17-11(2)18-21-15/h4-8H,9H2,1-3H3. The topological polar surface area (TPSA) is 68.2 Å². The van der Waals surface area contributed by atoms with Crippen LogP contribution in [0.1, 0.15) is 17.3 Å². The Kier molecular flexibility index (Phi) is 3.43. The second-order valence-corrected chi connectivity index (χ2v) is 4.92. The lowest BCUT2D eigenvalue weighted by Gasteiger charge is -2.16. The molecule has 6 heteroatoms. The maximum atomic E-state index is 5.58. The molecule has 3 heterocycles. The van der Waals surface area contributed by atoms with Gasteiger partial charge in [-0.3, -0.25) is 0 Å². The van der Waals surface area contributed by atoms with Crippen LogP contribution < -0.4 is 4.90 Å². The number of aromatic nitrogens is 3. The lowest BCUT2D eigenvalue weighted by molar-refractivity contribution is 0.425. The Labute approximate surface area is 122 Å². The fraction of sp³-hybridized carbons (Fsp3) is 0.267. The first-order valence-electron chi connectivity index (χ1n) is 6.65. The Hall–Kier alpha value is -2.63. The first-order valence-corrected chi connectivity index (χ1v) is 6.65. The Bertz CT molecular complexity index is 747. The van der Waals surface area contributed by atoms with Gasteiger partial charge in [-0.25, -0.2) is 4.98 Å². The van der Waals surface area contributed by atoms with E-state index in [1.54, 1.807) is 13.1 Å². The summed E-state index contributed by atoms with van der Waals surface area (Å²) in [4.78, 5) is 10.6. The number of hydrogen-bond acceptors (Lipinski definition) is 6. The zero-order chi connectivity index (χ0) is 14.8. The summed E-state index contributed by atoms with van der Waals surface area (Å²) in [5, 5.41) is 3.80. The monoisotopic (exact) mass is 284 g/mol. The third kappa shape index (κ3) is 2.94. The summed E-state index contributed by atoms with van der Waals surface area (Å²) >= 11 is 0. The average Bonchev–Trinajstić information content (AvgIpc) is 3.08. The van der Waals surface area contributed by atoms with Gasteiger partial charge >= 0.3 is 0 Å². The molecule has 3 aromatic rings. The van der Waals surface area contributed by atoms with Gasteiger partial charge in [-0.1, -0.05) is 5.16 Å². The summed E-state index contributed by atoms with van der Waals surface area (Å²) in [6, 6.07) is 7.69. The van der Waals surface area contributed by atoms with E-state index in [1.807, 2.05) is 43.1 Å². The van der Waals surface area contributed by atoms with Crippen molar-refractivity contribution in [3.63, 3.8) is 0 Å². The van der Waals surface area contributed by atoms with Crippen LogP contribution in [0, 0.1) is 13.8 Å². The number of aryl methyl sites for hydroxylation is 2. The molecule has 3 aromatic heterocycles. The minimum Gasteiger partial charge on any atom is -0.464 e. The Morgan fingerprint density at radius 2 is 2.05 bits per heavy atom. The molecule has 0 bridgehead atoms. The van der Waals surface area contributed by atoms with Crippen LogP contribution in [0.5, 0.6) is 0 Å². The summed E-state index contributed by atoms with van der Waals surface area (Å²) in [6.07, 6.45) is 1.73. The van der Waals surface area contributed by atoms with Gasteiger partial charge in [-0.2, -0.15) is 4.98 Å². The van der Waals surface area contributed by atoms with Gasteiger partial charge < -0.3 is 13.8 Å². The zero-order valence-corrected chi connectivity index (χ0v) is 12.2. The van der Waals surface area contributed by atoms with Gasteiger partial charge in [0.15, 0.2) is 5.82 Å². The Morgan fingerprint density at radius 3 is 2.71 bits per heavy atom. The molecule has 0 aliphatic rings. The van der Waals surface area contributed by atoms with Crippen molar-refractivity contribution in [2.45, 2.75) is 20.4 Å². The predicted octanol–water partition coefficient (Wildman–Crippen LogP) is 2.98. The highest BCUT2D eigenvalue weighted by Crippen LogP contribution is 2.22. The molecule has 0 amide bonds. The van der Waals surface area contributed by atoms with E-state index in [2.05, 4.69) is 15.1 Å². The molecule has 0 spiro atoms. The average molecular weight is 284 g/mol. The lowest BCUT2D eigenvalue weighted by Crippen LogP contribution is -2.17. The van der Waals surface area contributed by atoms with Crippen molar-refractivity contribution in [1.29, 1.82) is 0 Å². The van der Waals surface area contributed by atoms with E-state index in [4.69, 9.17) is 8.94 Å². The summed E-state index contributed by atoms with van der Waals surface area (Å²) in [5.74, 6) is 3.73. The lowest BCUT2D eigenvalue weighted by atomic mass is 10.2. The van der Waals surface area contributed by atoms with Crippen molar-refractivity contribution in [3.05, 3.63) is 47.8 Å². The smallest absolute Gasteiger partial charge is 0.258 e. The SMILES string of the molecule is Cc1noc(-c2ccnc(N(C)Cc3ccc(C)o3)c2)n1. The molecule has 0 aliphatic carbocycles. The number of furan rings is 1. The fourth-order valence-electron chi connectivity index (χ4n) is 2.06. The fourth-order valence-corrected chi connectivity index (χ4v) is 2.06. The molecule has 0 atom stereocenters. The molecule has 3 rings (SSSR count). The van der Waals surface area contributed by atoms with Crippen molar-refractivity contribution in [3.8, 4) is 11.5 Å². The van der Waals surface area contributed by atoms with Crippen LogP contribution in [0.4, 0.5) is 5.82 Å². The van der Waals surface area contributed by atoms with Gasteiger partial charge in [-0.05, 0) is 38.1 Å². The first-order chi connectivity index (χ1) is 10.1. The molecule has 0 saturated heterocycles. The van der Waals surface area contributed by atoms with Gasteiger partial charge in [0.25, 0.3) is 5.89 Å². The van der Waals surface area contributed by atoms with Crippen molar-refractivity contribution in [2.24, 2.45) is 0 Å². The first kappa shape index (κ1) is 13.4. The summed E-state index contributed by atoms with van der Waals surface area (Å²) < 4.78 is 10.8. The van der Waals surface area contributed by atoms with E-state index < -0.39 is 0 Å². The third-order valence-corrected chi connectivity index (χ3v) is 3.10. The predicted molar refractivity (Wildman–Crippen MR) is 77.8 cm³/mol. The number of rotatable bonds is 4. The van der Waals surface area contributed by atoms with E-state index in [-0.39, 0.29) is 0 Å². The van der Waals surface area contributed by atoms with E-state index in [1.165, 1.54) is 0 Å². The normalized spacial score (nSPS) is 10.8. The Morgan fingerprint density at radius 1 is 1.19 bits per heavy atom. The van der Waals surface area contributed by atoms with Crippen molar-refractivity contribution in [2.75, 3.05) is 11.9 Å². The molecule has 0 unspecified atom stereocenters.